The molecule has 2 aromatic rings. The molecule has 1 N–H and O–H groups in total. The predicted octanol–water partition coefficient (Wildman–Crippen LogP) is 2.01. The summed E-state index contributed by atoms with van der Waals surface area (Å²) < 4.78 is 9.71. The SMILES string of the molecule is COc1ccc(-c2ccc(=O)oc2C(=O)O)cc1. The number of carboxylic acids is 1. The monoisotopic (exact) mass is 246 g/mol. The lowest BCUT2D eigenvalue weighted by atomic mass is 10.0. The topological polar surface area (TPSA) is 76.7 Å². The zero-order valence-corrected chi connectivity index (χ0v) is 9.54. The fourth-order valence-electron chi connectivity index (χ4n) is 1.57. The summed E-state index contributed by atoms with van der Waals surface area (Å²) in [6.07, 6.45) is 0. The van der Waals surface area contributed by atoms with Crippen molar-refractivity contribution in [3.63, 3.8) is 0 Å². The van der Waals surface area contributed by atoms with E-state index in [1.807, 2.05) is 0 Å². The van der Waals surface area contributed by atoms with E-state index in [2.05, 4.69) is 0 Å². The van der Waals surface area contributed by atoms with Crippen LogP contribution in [0.1, 0.15) is 10.6 Å². The molecule has 1 heterocycles. The van der Waals surface area contributed by atoms with Gasteiger partial charge < -0.3 is 14.3 Å². The van der Waals surface area contributed by atoms with Crippen LogP contribution in [-0.4, -0.2) is 18.2 Å². The molecule has 0 saturated carbocycles. The Morgan fingerprint density at radius 2 is 1.83 bits per heavy atom. The highest BCUT2D eigenvalue weighted by atomic mass is 16.5. The first-order valence-corrected chi connectivity index (χ1v) is 5.13. The van der Waals surface area contributed by atoms with E-state index in [-0.39, 0.29) is 5.76 Å². The fourth-order valence-corrected chi connectivity index (χ4v) is 1.57. The summed E-state index contributed by atoms with van der Waals surface area (Å²) in [4.78, 5) is 22.0. The van der Waals surface area contributed by atoms with Crippen LogP contribution in [0.2, 0.25) is 0 Å². The van der Waals surface area contributed by atoms with Crippen molar-refractivity contribution in [3.8, 4) is 16.9 Å². The van der Waals surface area contributed by atoms with Crippen LogP contribution in [0.25, 0.3) is 11.1 Å². The van der Waals surface area contributed by atoms with Gasteiger partial charge >= 0.3 is 11.6 Å². The van der Waals surface area contributed by atoms with Crippen molar-refractivity contribution in [2.24, 2.45) is 0 Å². The molecule has 0 aliphatic carbocycles. The maximum atomic E-state index is 11.0. The second-order valence-electron chi connectivity index (χ2n) is 3.53. The van der Waals surface area contributed by atoms with E-state index in [4.69, 9.17) is 14.3 Å². The van der Waals surface area contributed by atoms with Gasteiger partial charge in [0.15, 0.2) is 0 Å². The van der Waals surface area contributed by atoms with Crippen LogP contribution in [0.3, 0.4) is 0 Å². The molecular formula is C13H10O5. The van der Waals surface area contributed by atoms with Crippen molar-refractivity contribution in [2.45, 2.75) is 0 Å². The van der Waals surface area contributed by atoms with E-state index in [1.54, 1.807) is 31.4 Å². The van der Waals surface area contributed by atoms with Crippen molar-refractivity contribution >= 4 is 5.97 Å². The van der Waals surface area contributed by atoms with Crippen LogP contribution >= 0.6 is 0 Å². The standard InChI is InChI=1S/C13H10O5/c1-17-9-4-2-8(3-5-9)10-6-7-11(14)18-12(10)13(15)16/h2-7H,1H3,(H,15,16). The van der Waals surface area contributed by atoms with Gasteiger partial charge in [0.25, 0.3) is 0 Å². The normalized spacial score (nSPS) is 10.1. The zero-order valence-electron chi connectivity index (χ0n) is 9.54. The molecule has 18 heavy (non-hydrogen) atoms. The van der Waals surface area contributed by atoms with E-state index < -0.39 is 11.6 Å². The number of methoxy groups -OCH3 is 1. The van der Waals surface area contributed by atoms with E-state index in [0.717, 1.165) is 0 Å². The van der Waals surface area contributed by atoms with Crippen molar-refractivity contribution in [2.75, 3.05) is 7.11 Å². The second kappa shape index (κ2) is 4.75. The Balaban J connectivity index is 2.55. The van der Waals surface area contributed by atoms with E-state index in [0.29, 0.717) is 16.9 Å². The Hall–Kier alpha value is -2.56. The highest BCUT2D eigenvalue weighted by Gasteiger charge is 2.15. The van der Waals surface area contributed by atoms with Crippen molar-refractivity contribution in [3.05, 3.63) is 52.6 Å². The maximum Gasteiger partial charge on any atom is 0.372 e. The van der Waals surface area contributed by atoms with Crippen LogP contribution in [0.4, 0.5) is 0 Å². The van der Waals surface area contributed by atoms with Gasteiger partial charge in [-0.05, 0) is 23.8 Å². The van der Waals surface area contributed by atoms with Crippen molar-refractivity contribution in [1.29, 1.82) is 0 Å². The first-order chi connectivity index (χ1) is 8.61. The average molecular weight is 246 g/mol. The number of hydrogen-bond acceptors (Lipinski definition) is 4. The van der Waals surface area contributed by atoms with Gasteiger partial charge in [0.1, 0.15) is 5.75 Å². The molecule has 0 saturated heterocycles. The predicted molar refractivity (Wildman–Crippen MR) is 63.9 cm³/mol. The summed E-state index contributed by atoms with van der Waals surface area (Å²) in [5.74, 6) is -0.987. The Bertz CT molecular complexity index is 625. The van der Waals surface area contributed by atoms with Gasteiger partial charge in [0.2, 0.25) is 5.76 Å². The summed E-state index contributed by atoms with van der Waals surface area (Å²) in [5, 5.41) is 8.99. The van der Waals surface area contributed by atoms with Crippen LogP contribution in [0.5, 0.6) is 5.75 Å². The Kier molecular flexibility index (Phi) is 3.14. The number of benzene rings is 1. The molecule has 1 aromatic carbocycles. The van der Waals surface area contributed by atoms with E-state index in [9.17, 15) is 9.59 Å². The third-order valence-electron chi connectivity index (χ3n) is 2.43. The molecule has 1 aromatic heterocycles. The highest BCUT2D eigenvalue weighted by Crippen LogP contribution is 2.24. The first-order valence-electron chi connectivity index (χ1n) is 5.13. The molecule has 0 radical (unpaired) electrons. The molecule has 0 spiro atoms. The number of hydrogen-bond donors (Lipinski definition) is 1. The smallest absolute Gasteiger partial charge is 0.372 e. The lowest BCUT2D eigenvalue weighted by Gasteiger charge is -2.05. The molecule has 0 aliphatic rings. The minimum Gasteiger partial charge on any atom is -0.497 e. The average Bonchev–Trinajstić information content (AvgIpc) is 2.39. The van der Waals surface area contributed by atoms with Crippen LogP contribution in [0, 0.1) is 0 Å². The zero-order chi connectivity index (χ0) is 13.1. The molecule has 0 aliphatic heterocycles. The lowest BCUT2D eigenvalue weighted by Crippen LogP contribution is -2.06. The number of carbonyl (C=O) groups is 1. The van der Waals surface area contributed by atoms with Crippen LogP contribution < -0.4 is 10.4 Å². The Labute approximate surface area is 102 Å². The van der Waals surface area contributed by atoms with Gasteiger partial charge in [0.05, 0.1) is 7.11 Å². The third-order valence-corrected chi connectivity index (χ3v) is 2.43. The molecule has 0 amide bonds. The molecule has 5 nitrogen and oxygen atoms in total. The molecule has 5 heteroatoms. The van der Waals surface area contributed by atoms with Crippen molar-refractivity contribution in [1.82, 2.24) is 0 Å². The largest absolute Gasteiger partial charge is 0.497 e. The summed E-state index contributed by atoms with van der Waals surface area (Å²) in [6.45, 7) is 0. The Morgan fingerprint density at radius 1 is 1.17 bits per heavy atom. The summed E-state index contributed by atoms with van der Waals surface area (Å²) in [5.41, 5.74) is 0.298. The second-order valence-corrected chi connectivity index (χ2v) is 3.53. The van der Waals surface area contributed by atoms with Crippen LogP contribution in [-0.2, 0) is 0 Å². The summed E-state index contributed by atoms with van der Waals surface area (Å²) in [7, 11) is 1.54. The van der Waals surface area contributed by atoms with Gasteiger partial charge in [-0.25, -0.2) is 9.59 Å². The number of rotatable bonds is 3. The molecule has 0 atom stereocenters. The summed E-state index contributed by atoms with van der Waals surface area (Å²) >= 11 is 0. The number of aromatic carboxylic acids is 1. The molecule has 0 fully saturated rings. The maximum absolute atomic E-state index is 11.0. The van der Waals surface area contributed by atoms with Gasteiger partial charge in [0, 0.05) is 11.6 Å². The lowest BCUT2D eigenvalue weighted by molar-refractivity contribution is 0.0658. The van der Waals surface area contributed by atoms with Gasteiger partial charge in [-0.3, -0.25) is 0 Å². The third kappa shape index (κ3) is 2.24. The molecule has 0 bridgehead atoms. The van der Waals surface area contributed by atoms with Gasteiger partial charge in [-0.1, -0.05) is 12.1 Å². The van der Waals surface area contributed by atoms with E-state index in [1.165, 1.54) is 12.1 Å². The number of ether oxygens (including phenoxy) is 1. The number of carboxylic acid groups (broad SMARTS) is 1. The molecule has 92 valence electrons. The Morgan fingerprint density at radius 3 is 2.39 bits per heavy atom. The van der Waals surface area contributed by atoms with Gasteiger partial charge in [-0.15, -0.1) is 0 Å². The minimum absolute atomic E-state index is 0.352. The van der Waals surface area contributed by atoms with Crippen LogP contribution in [0.15, 0.2) is 45.6 Å². The molecule has 2 rings (SSSR count). The highest BCUT2D eigenvalue weighted by molar-refractivity contribution is 5.92. The quantitative estimate of drug-likeness (QED) is 0.896. The fraction of sp³-hybridized carbons (Fsp3) is 0.0769. The first kappa shape index (κ1) is 11.9. The molecule has 0 unspecified atom stereocenters. The van der Waals surface area contributed by atoms with Gasteiger partial charge in [-0.2, -0.15) is 0 Å². The minimum atomic E-state index is -1.28. The summed E-state index contributed by atoms with van der Waals surface area (Å²) in [6, 6.07) is 9.41. The molecular weight excluding hydrogens is 236 g/mol. The van der Waals surface area contributed by atoms with E-state index >= 15 is 0 Å². The van der Waals surface area contributed by atoms with Crippen molar-refractivity contribution < 1.29 is 19.1 Å².